The van der Waals surface area contributed by atoms with Crippen molar-refractivity contribution in [3.8, 4) is 0 Å². The molecule has 2 aromatic carbocycles. The van der Waals surface area contributed by atoms with Crippen molar-refractivity contribution in [1.29, 1.82) is 0 Å². The van der Waals surface area contributed by atoms with E-state index in [-0.39, 0.29) is 0 Å². The predicted octanol–water partition coefficient (Wildman–Crippen LogP) is 3.14. The summed E-state index contributed by atoms with van der Waals surface area (Å²) in [6, 6.07) is 15.4. The quantitative estimate of drug-likeness (QED) is 0.623. The molecule has 2 nitrogen and oxygen atoms in total. The lowest BCUT2D eigenvalue weighted by atomic mass is 9.77. The van der Waals surface area contributed by atoms with Crippen LogP contribution in [0.4, 0.5) is 0 Å². The Hall–Kier alpha value is -1.38. The maximum atomic E-state index is 5.71. The van der Waals surface area contributed by atoms with Crippen LogP contribution in [0.5, 0.6) is 0 Å². The number of fused-ring (bicyclic) bond motifs is 1. The van der Waals surface area contributed by atoms with Gasteiger partial charge in [-0.25, -0.2) is 0 Å². The fourth-order valence-corrected chi connectivity index (χ4v) is 2.68. The van der Waals surface area contributed by atoms with E-state index in [0.29, 0.717) is 12.0 Å². The topological polar surface area (TPSA) is 38.0 Å². The number of nitrogens with two attached hydrogens (primary N) is 1. The van der Waals surface area contributed by atoms with Gasteiger partial charge in [0.25, 0.3) is 0 Å². The molecular weight excluding hydrogens is 208 g/mol. The minimum atomic E-state index is 0.313. The predicted molar refractivity (Wildman–Crippen MR) is 71.4 cm³/mol. The minimum Gasteiger partial charge on any atom is -0.271 e. The molecule has 0 aliphatic heterocycles. The Morgan fingerprint density at radius 1 is 1.06 bits per heavy atom. The molecule has 3 rings (SSSR count). The average molecular weight is 226 g/mol. The van der Waals surface area contributed by atoms with Crippen LogP contribution in [0.25, 0.3) is 10.8 Å². The van der Waals surface area contributed by atoms with Crippen molar-refractivity contribution in [2.75, 3.05) is 0 Å². The molecular formula is C15H18N2. The van der Waals surface area contributed by atoms with E-state index in [1.807, 2.05) is 0 Å². The molecule has 0 saturated heterocycles. The van der Waals surface area contributed by atoms with Gasteiger partial charge in [0.2, 0.25) is 0 Å². The summed E-state index contributed by atoms with van der Waals surface area (Å²) in [5, 5.41) is 2.59. The molecule has 0 spiro atoms. The molecule has 17 heavy (non-hydrogen) atoms. The van der Waals surface area contributed by atoms with E-state index in [1.54, 1.807) is 0 Å². The van der Waals surface area contributed by atoms with Crippen molar-refractivity contribution in [1.82, 2.24) is 5.43 Å². The van der Waals surface area contributed by atoms with Crippen LogP contribution in [0.3, 0.4) is 0 Å². The summed E-state index contributed by atoms with van der Waals surface area (Å²) in [7, 11) is 0. The lowest BCUT2D eigenvalue weighted by Crippen LogP contribution is -2.36. The number of benzene rings is 2. The highest BCUT2D eigenvalue weighted by molar-refractivity contribution is 5.83. The monoisotopic (exact) mass is 226 g/mol. The highest BCUT2D eigenvalue weighted by Crippen LogP contribution is 2.37. The molecule has 88 valence electrons. The molecule has 1 aliphatic carbocycles. The minimum absolute atomic E-state index is 0.313. The normalized spacial score (nSPS) is 17.9. The van der Waals surface area contributed by atoms with Gasteiger partial charge in [-0.2, -0.15) is 0 Å². The smallest absolute Gasteiger partial charge is 0.0488 e. The maximum Gasteiger partial charge on any atom is 0.0488 e. The van der Waals surface area contributed by atoms with Crippen molar-refractivity contribution in [2.24, 2.45) is 11.8 Å². The Balaban J connectivity index is 1.98. The van der Waals surface area contributed by atoms with Gasteiger partial charge in [0, 0.05) is 6.04 Å². The van der Waals surface area contributed by atoms with Gasteiger partial charge in [0.05, 0.1) is 0 Å². The molecule has 1 atom stereocenters. The first-order chi connectivity index (χ1) is 8.38. The first-order valence-corrected chi connectivity index (χ1v) is 6.33. The summed E-state index contributed by atoms with van der Waals surface area (Å²) in [5.41, 5.74) is 4.30. The van der Waals surface area contributed by atoms with Gasteiger partial charge in [0.15, 0.2) is 0 Å². The van der Waals surface area contributed by atoms with Crippen LogP contribution in [0.2, 0.25) is 0 Å². The molecule has 3 N–H and O–H groups in total. The number of rotatable bonds is 3. The van der Waals surface area contributed by atoms with Crippen molar-refractivity contribution >= 4 is 10.8 Å². The van der Waals surface area contributed by atoms with Crippen molar-refractivity contribution < 1.29 is 0 Å². The van der Waals surface area contributed by atoms with Gasteiger partial charge in [-0.15, -0.1) is 0 Å². The van der Waals surface area contributed by atoms with E-state index in [1.165, 1.54) is 35.6 Å². The van der Waals surface area contributed by atoms with Crippen LogP contribution in [0.15, 0.2) is 42.5 Å². The number of nitrogens with one attached hydrogen (secondary N) is 1. The van der Waals surface area contributed by atoms with Crippen LogP contribution in [-0.4, -0.2) is 0 Å². The third-order valence-electron chi connectivity index (χ3n) is 3.93. The molecule has 0 aromatic heterocycles. The lowest BCUT2D eigenvalue weighted by molar-refractivity contribution is 0.232. The molecule has 2 heteroatoms. The van der Waals surface area contributed by atoms with Gasteiger partial charge >= 0.3 is 0 Å². The third-order valence-corrected chi connectivity index (χ3v) is 3.93. The van der Waals surface area contributed by atoms with Crippen LogP contribution < -0.4 is 11.3 Å². The Morgan fingerprint density at radius 2 is 1.82 bits per heavy atom. The van der Waals surface area contributed by atoms with Crippen LogP contribution in [-0.2, 0) is 0 Å². The third kappa shape index (κ3) is 1.94. The van der Waals surface area contributed by atoms with Crippen LogP contribution in [0, 0.1) is 5.92 Å². The summed E-state index contributed by atoms with van der Waals surface area (Å²) in [4.78, 5) is 0. The summed E-state index contributed by atoms with van der Waals surface area (Å²) in [5.74, 6) is 6.42. The Labute approximate surface area is 102 Å². The molecule has 0 bridgehead atoms. The second-order valence-electron chi connectivity index (χ2n) is 4.94. The fourth-order valence-electron chi connectivity index (χ4n) is 2.68. The standard InChI is InChI=1S/C15H18N2/c16-17-15(12-6-3-7-12)14-9-8-11-4-1-2-5-13(11)10-14/h1-2,4-5,8-10,12,15,17H,3,6-7,16H2. The van der Waals surface area contributed by atoms with Gasteiger partial charge in [-0.3, -0.25) is 11.3 Å². The highest BCUT2D eigenvalue weighted by atomic mass is 15.2. The van der Waals surface area contributed by atoms with E-state index in [0.717, 1.165) is 0 Å². The molecule has 0 heterocycles. The zero-order valence-electron chi connectivity index (χ0n) is 9.89. The van der Waals surface area contributed by atoms with Crippen molar-refractivity contribution in [3.05, 3.63) is 48.0 Å². The second kappa shape index (κ2) is 4.47. The van der Waals surface area contributed by atoms with Crippen LogP contribution >= 0.6 is 0 Å². The van der Waals surface area contributed by atoms with Crippen molar-refractivity contribution in [3.63, 3.8) is 0 Å². The Bertz CT molecular complexity index is 517. The van der Waals surface area contributed by atoms with E-state index in [4.69, 9.17) is 5.84 Å². The molecule has 1 saturated carbocycles. The van der Waals surface area contributed by atoms with Crippen LogP contribution in [0.1, 0.15) is 30.9 Å². The first-order valence-electron chi connectivity index (χ1n) is 6.33. The van der Waals surface area contributed by atoms with E-state index in [9.17, 15) is 0 Å². The Morgan fingerprint density at radius 3 is 2.47 bits per heavy atom. The number of hydrogen-bond donors (Lipinski definition) is 2. The van der Waals surface area contributed by atoms with E-state index >= 15 is 0 Å². The zero-order chi connectivity index (χ0) is 11.7. The molecule has 1 aliphatic rings. The number of hydrazine groups is 1. The maximum absolute atomic E-state index is 5.71. The molecule has 1 fully saturated rings. The van der Waals surface area contributed by atoms with Gasteiger partial charge in [0.1, 0.15) is 0 Å². The largest absolute Gasteiger partial charge is 0.271 e. The van der Waals surface area contributed by atoms with Gasteiger partial charge in [-0.1, -0.05) is 42.8 Å². The van der Waals surface area contributed by atoms with E-state index in [2.05, 4.69) is 47.9 Å². The highest BCUT2D eigenvalue weighted by Gasteiger charge is 2.27. The fraction of sp³-hybridized carbons (Fsp3) is 0.333. The van der Waals surface area contributed by atoms with E-state index < -0.39 is 0 Å². The second-order valence-corrected chi connectivity index (χ2v) is 4.94. The lowest BCUT2D eigenvalue weighted by Gasteiger charge is -2.33. The van der Waals surface area contributed by atoms with Gasteiger partial charge in [-0.05, 0) is 41.2 Å². The van der Waals surface area contributed by atoms with Crippen molar-refractivity contribution in [2.45, 2.75) is 25.3 Å². The average Bonchev–Trinajstić information content (AvgIpc) is 2.33. The molecule has 2 aromatic rings. The summed E-state index contributed by atoms with van der Waals surface area (Å²) in [6.07, 6.45) is 3.93. The molecule has 0 amide bonds. The summed E-state index contributed by atoms with van der Waals surface area (Å²) >= 11 is 0. The number of hydrogen-bond acceptors (Lipinski definition) is 2. The summed E-state index contributed by atoms with van der Waals surface area (Å²) in [6.45, 7) is 0. The first kappa shape index (κ1) is 10.8. The Kier molecular flexibility index (Phi) is 2.83. The SMILES string of the molecule is NNC(c1ccc2ccccc2c1)C1CCC1. The zero-order valence-corrected chi connectivity index (χ0v) is 9.89. The van der Waals surface area contributed by atoms with Gasteiger partial charge < -0.3 is 0 Å². The molecule has 0 radical (unpaired) electrons. The molecule has 1 unspecified atom stereocenters. The summed E-state index contributed by atoms with van der Waals surface area (Å²) < 4.78 is 0.